The molecule has 0 aromatic rings. The highest BCUT2D eigenvalue weighted by molar-refractivity contribution is 9.11. The average Bonchev–Trinajstić information content (AvgIpc) is 2.33. The maximum atomic E-state index is 12.0. The fraction of sp³-hybridized carbons (Fsp3) is 0.556. The predicted octanol–water partition coefficient (Wildman–Crippen LogP) is 1.75. The van der Waals surface area contributed by atoms with Crippen molar-refractivity contribution in [3.63, 3.8) is 0 Å². The Morgan fingerprint density at radius 2 is 2.21 bits per heavy atom. The molecule has 10 heteroatoms. The Balaban J connectivity index is 2.13. The predicted molar refractivity (Wildman–Crippen MR) is 78.3 cm³/mol. The summed E-state index contributed by atoms with van der Waals surface area (Å²) in [4.78, 5) is 25.0. The molecule has 0 bridgehead atoms. The molecule has 2 aliphatic rings. The Morgan fingerprint density at radius 1 is 1.58 bits per heavy atom. The van der Waals surface area contributed by atoms with Gasteiger partial charge in [-0.25, -0.2) is 4.79 Å². The molecule has 106 valence electrons. The van der Waals surface area contributed by atoms with Crippen LogP contribution in [-0.4, -0.2) is 44.3 Å². The van der Waals surface area contributed by atoms with Gasteiger partial charge in [0.25, 0.3) is 0 Å². The van der Waals surface area contributed by atoms with E-state index >= 15 is 0 Å². The first-order chi connectivity index (χ1) is 8.72. The molecule has 1 saturated heterocycles. The Bertz CT molecular complexity index is 468. The lowest BCUT2D eigenvalue weighted by molar-refractivity contribution is -0.150. The summed E-state index contributed by atoms with van der Waals surface area (Å²) < 4.78 is 3.75. The number of nitrogens with zero attached hydrogens (tertiary/aromatic N) is 1. The molecule has 0 aromatic carbocycles. The van der Waals surface area contributed by atoms with Crippen molar-refractivity contribution in [3.8, 4) is 0 Å². The van der Waals surface area contributed by atoms with Gasteiger partial charge in [0.2, 0.25) is 9.70 Å². The summed E-state index contributed by atoms with van der Waals surface area (Å²) in [5, 5.41) is -0.246. The van der Waals surface area contributed by atoms with Gasteiger partial charge in [0.1, 0.15) is 23.7 Å². The molecule has 19 heavy (non-hydrogen) atoms. The molecule has 0 aromatic heterocycles. The van der Waals surface area contributed by atoms with Crippen LogP contribution < -0.4 is 5.73 Å². The Hall–Kier alpha value is 0.340. The molecule has 2 heterocycles. The summed E-state index contributed by atoms with van der Waals surface area (Å²) in [6, 6.07) is -0.596. The van der Waals surface area contributed by atoms with E-state index < -0.39 is 22.4 Å². The van der Waals surface area contributed by atoms with Crippen LogP contribution in [0.5, 0.6) is 0 Å². The highest BCUT2D eigenvalue weighted by atomic mass is 79.9. The molecule has 0 radical (unpaired) electrons. The summed E-state index contributed by atoms with van der Waals surface area (Å²) in [5.74, 6) is -0.515. The van der Waals surface area contributed by atoms with Gasteiger partial charge in [-0.05, 0) is 0 Å². The fourth-order valence-corrected chi connectivity index (χ4v) is 3.73. The van der Waals surface area contributed by atoms with Crippen molar-refractivity contribution in [2.45, 2.75) is 15.2 Å². The second-order valence-corrected chi connectivity index (χ2v) is 8.46. The van der Waals surface area contributed by atoms with Gasteiger partial charge < -0.3 is 10.5 Å². The van der Waals surface area contributed by atoms with E-state index in [0.717, 1.165) is 0 Å². The van der Waals surface area contributed by atoms with E-state index in [2.05, 4.69) is 15.9 Å². The number of ether oxygens (including phenoxy) is 1. The van der Waals surface area contributed by atoms with Gasteiger partial charge >= 0.3 is 5.97 Å². The number of rotatable bonds is 2. The highest BCUT2D eigenvalue weighted by Crippen LogP contribution is 2.41. The third kappa shape index (κ3) is 3.16. The van der Waals surface area contributed by atoms with Crippen LogP contribution in [0.15, 0.2) is 10.2 Å². The Morgan fingerprint density at radius 3 is 2.79 bits per heavy atom. The van der Waals surface area contributed by atoms with Crippen LogP contribution in [0.25, 0.3) is 0 Å². The van der Waals surface area contributed by atoms with Gasteiger partial charge in [0.15, 0.2) is 0 Å². The Kier molecular flexibility index (Phi) is 4.65. The summed E-state index contributed by atoms with van der Waals surface area (Å²) in [6.45, 7) is -0.397. The quantitative estimate of drug-likeness (QED) is 0.427. The largest absolute Gasteiger partial charge is 0.456 e. The van der Waals surface area contributed by atoms with Gasteiger partial charge in [0, 0.05) is 10.2 Å². The number of amides is 1. The molecule has 1 amide bonds. The first kappa shape index (κ1) is 15.7. The van der Waals surface area contributed by atoms with E-state index in [1.54, 1.807) is 0 Å². The smallest absolute Gasteiger partial charge is 0.356 e. The highest BCUT2D eigenvalue weighted by Gasteiger charge is 2.52. The molecular formula is C9H8BrCl3N2O3S. The lowest BCUT2D eigenvalue weighted by atomic mass is 10.1. The standard InChI is InChI=1S/C9H8BrCl3N2O3S/c10-3-1-19-7-4(14)6(16)15(7)5(3)8(17)18-2-9(11,12)13/h4,7H,1-2,14H2/t4?,7-/m0/s1. The first-order valence-electron chi connectivity index (χ1n) is 5.05. The topological polar surface area (TPSA) is 72.6 Å². The molecular weight excluding hydrogens is 402 g/mol. The van der Waals surface area contributed by atoms with Crippen molar-refractivity contribution in [2.75, 3.05) is 12.4 Å². The van der Waals surface area contributed by atoms with Gasteiger partial charge in [0.05, 0.1) is 0 Å². The van der Waals surface area contributed by atoms with Crippen molar-refractivity contribution in [1.29, 1.82) is 0 Å². The molecule has 1 fully saturated rings. The maximum absolute atomic E-state index is 12.0. The number of carbonyl (C=O) groups excluding carboxylic acids is 2. The van der Waals surface area contributed by atoms with Crippen molar-refractivity contribution in [3.05, 3.63) is 10.2 Å². The molecule has 0 spiro atoms. The van der Waals surface area contributed by atoms with Gasteiger partial charge in [-0.2, -0.15) is 0 Å². The minimum Gasteiger partial charge on any atom is -0.456 e. The van der Waals surface area contributed by atoms with E-state index in [0.29, 0.717) is 10.2 Å². The molecule has 2 rings (SSSR count). The van der Waals surface area contributed by atoms with Gasteiger partial charge in [-0.1, -0.05) is 50.7 Å². The second kappa shape index (κ2) is 5.61. The molecule has 2 atom stereocenters. The number of halogens is 4. The SMILES string of the molecule is NC1C(=O)N2C(C(=O)OCC(Cl)(Cl)Cl)=C(Br)CS[C@@H]12. The first-order valence-corrected chi connectivity index (χ1v) is 8.02. The van der Waals surface area contributed by atoms with E-state index in [9.17, 15) is 9.59 Å². The van der Waals surface area contributed by atoms with Crippen molar-refractivity contribution >= 4 is 74.4 Å². The minimum absolute atomic E-state index is 0.129. The van der Waals surface area contributed by atoms with Crippen LogP contribution in [0.4, 0.5) is 0 Å². The number of hydrogen-bond acceptors (Lipinski definition) is 5. The maximum Gasteiger partial charge on any atom is 0.356 e. The van der Waals surface area contributed by atoms with Crippen molar-refractivity contribution < 1.29 is 14.3 Å². The number of nitrogens with two attached hydrogens (primary N) is 1. The molecule has 5 nitrogen and oxygen atoms in total. The number of β-lactam (4-membered cyclic amide) rings is 1. The van der Waals surface area contributed by atoms with Crippen molar-refractivity contribution in [1.82, 2.24) is 4.90 Å². The molecule has 2 N–H and O–H groups in total. The number of fused-ring (bicyclic) bond motifs is 1. The van der Waals surface area contributed by atoms with E-state index in [4.69, 9.17) is 45.3 Å². The van der Waals surface area contributed by atoms with Crippen LogP contribution in [0.2, 0.25) is 0 Å². The minimum atomic E-state index is -1.69. The molecule has 1 unspecified atom stereocenters. The number of esters is 1. The van der Waals surface area contributed by atoms with E-state index in [1.807, 2.05) is 0 Å². The monoisotopic (exact) mass is 408 g/mol. The molecule has 0 saturated carbocycles. The van der Waals surface area contributed by atoms with Crippen LogP contribution in [0.1, 0.15) is 0 Å². The van der Waals surface area contributed by atoms with Crippen LogP contribution in [-0.2, 0) is 14.3 Å². The van der Waals surface area contributed by atoms with Crippen LogP contribution in [0, 0.1) is 0 Å². The summed E-state index contributed by atoms with van der Waals surface area (Å²) >= 11 is 21.2. The summed E-state index contributed by atoms with van der Waals surface area (Å²) in [5.41, 5.74) is 5.79. The zero-order chi connectivity index (χ0) is 14.4. The lowest BCUT2D eigenvalue weighted by Gasteiger charge is -2.47. The normalized spacial score (nSPS) is 27.0. The van der Waals surface area contributed by atoms with Crippen LogP contribution in [0.3, 0.4) is 0 Å². The summed E-state index contributed by atoms with van der Waals surface area (Å²) in [7, 11) is 0. The molecule has 2 aliphatic heterocycles. The van der Waals surface area contributed by atoms with Gasteiger partial charge in [-0.3, -0.25) is 9.69 Å². The molecule has 0 aliphatic carbocycles. The lowest BCUT2D eigenvalue weighted by Crippen LogP contribution is -2.68. The average molecular weight is 411 g/mol. The number of carbonyl (C=O) groups is 2. The third-order valence-electron chi connectivity index (χ3n) is 2.52. The van der Waals surface area contributed by atoms with Gasteiger partial charge in [-0.15, -0.1) is 11.8 Å². The van der Waals surface area contributed by atoms with E-state index in [1.165, 1.54) is 16.7 Å². The number of alkyl halides is 3. The number of hydrogen-bond donors (Lipinski definition) is 1. The second-order valence-electron chi connectivity index (χ2n) is 3.88. The van der Waals surface area contributed by atoms with Crippen molar-refractivity contribution in [2.24, 2.45) is 5.73 Å². The van der Waals surface area contributed by atoms with E-state index in [-0.39, 0.29) is 17.0 Å². The zero-order valence-corrected chi connectivity index (χ0v) is 13.9. The zero-order valence-electron chi connectivity index (χ0n) is 9.24. The third-order valence-corrected chi connectivity index (χ3v) is 5.18. The summed E-state index contributed by atoms with van der Waals surface area (Å²) in [6.07, 6.45) is 0. The number of thioether (sulfide) groups is 1. The Labute approximate surface area is 136 Å². The fourth-order valence-electron chi connectivity index (χ4n) is 1.68. The van der Waals surface area contributed by atoms with Crippen LogP contribution >= 0.6 is 62.5 Å².